The van der Waals surface area contributed by atoms with Crippen LogP contribution in [0.4, 0.5) is 5.82 Å². The van der Waals surface area contributed by atoms with E-state index >= 15 is 0 Å². The molecule has 7 heteroatoms. The zero-order valence-electron chi connectivity index (χ0n) is 17.0. The van der Waals surface area contributed by atoms with Gasteiger partial charge in [-0.15, -0.1) is 0 Å². The fourth-order valence-corrected chi connectivity index (χ4v) is 3.32. The lowest BCUT2D eigenvalue weighted by molar-refractivity contribution is 0.0691. The zero-order valence-corrected chi connectivity index (χ0v) is 17.0. The quantitative estimate of drug-likeness (QED) is 0.824. The largest absolute Gasteiger partial charge is 0.493 e. The minimum absolute atomic E-state index is 0.0217. The number of aromatic nitrogens is 2. The topological polar surface area (TPSA) is 76.6 Å². The second-order valence-electron chi connectivity index (χ2n) is 7.20. The van der Waals surface area contributed by atoms with Gasteiger partial charge in [-0.1, -0.05) is 13.0 Å². The van der Waals surface area contributed by atoms with Crippen LogP contribution in [0.2, 0.25) is 0 Å². The third-order valence-electron chi connectivity index (χ3n) is 5.05. The Balaban J connectivity index is 1.70. The number of carbonyl (C=O) groups is 1. The molecule has 1 amide bonds. The van der Waals surface area contributed by atoms with Gasteiger partial charge in [-0.2, -0.15) is 0 Å². The van der Waals surface area contributed by atoms with E-state index in [9.17, 15) is 4.79 Å². The summed E-state index contributed by atoms with van der Waals surface area (Å²) in [6.07, 6.45) is 2.08. The molecule has 150 valence electrons. The Morgan fingerprint density at radius 2 is 1.86 bits per heavy atom. The van der Waals surface area contributed by atoms with E-state index in [2.05, 4.69) is 22.2 Å². The van der Waals surface area contributed by atoms with Gasteiger partial charge in [0, 0.05) is 25.7 Å². The molecule has 1 saturated heterocycles. The number of carbonyl (C=O) groups excluding carboxylic acids is 1. The molecule has 1 N–H and O–H groups in total. The van der Waals surface area contributed by atoms with Crippen molar-refractivity contribution < 1.29 is 14.3 Å². The Labute approximate surface area is 166 Å². The van der Waals surface area contributed by atoms with E-state index in [1.807, 2.05) is 23.1 Å². The van der Waals surface area contributed by atoms with Gasteiger partial charge < -0.3 is 19.7 Å². The minimum Gasteiger partial charge on any atom is -0.493 e. The van der Waals surface area contributed by atoms with Crippen molar-refractivity contribution in [3.8, 4) is 11.5 Å². The van der Waals surface area contributed by atoms with Crippen molar-refractivity contribution in [2.45, 2.75) is 33.2 Å². The van der Waals surface area contributed by atoms with E-state index in [4.69, 9.17) is 9.47 Å². The van der Waals surface area contributed by atoms with Gasteiger partial charge in [-0.05, 0) is 43.4 Å². The summed E-state index contributed by atoms with van der Waals surface area (Å²) in [5, 5.41) is 3.28. The average Bonchev–Trinajstić information content (AvgIpc) is 2.71. The summed E-state index contributed by atoms with van der Waals surface area (Å²) < 4.78 is 10.6. The fourth-order valence-electron chi connectivity index (χ4n) is 3.32. The van der Waals surface area contributed by atoms with E-state index in [1.54, 1.807) is 27.2 Å². The number of hydrogen-bond donors (Lipinski definition) is 1. The number of nitrogens with zero attached hydrogens (tertiary/aromatic N) is 3. The summed E-state index contributed by atoms with van der Waals surface area (Å²) >= 11 is 0. The standard InChI is InChI=1S/C21H28N4O3/c1-14-7-9-25(10-8-14)21(26)17-12-20(24-15(2)23-17)22-13-16-5-6-18(27-3)19(11-16)28-4/h5-6,11-12,14H,7-10,13H2,1-4H3,(H,22,23,24). The highest BCUT2D eigenvalue weighted by atomic mass is 16.5. The van der Waals surface area contributed by atoms with Gasteiger partial charge in [-0.25, -0.2) is 9.97 Å². The van der Waals surface area contributed by atoms with E-state index in [1.165, 1.54) is 0 Å². The van der Waals surface area contributed by atoms with Gasteiger partial charge in [0.05, 0.1) is 14.2 Å². The summed E-state index contributed by atoms with van der Waals surface area (Å²) in [7, 11) is 3.23. The highest BCUT2D eigenvalue weighted by Gasteiger charge is 2.23. The number of benzene rings is 1. The van der Waals surface area contributed by atoms with E-state index in [-0.39, 0.29) is 5.91 Å². The Kier molecular flexibility index (Phi) is 6.34. The first kappa shape index (κ1) is 19.9. The minimum atomic E-state index is -0.0217. The molecule has 2 heterocycles. The highest BCUT2D eigenvalue weighted by molar-refractivity contribution is 5.93. The molecule has 0 saturated carbocycles. The van der Waals surface area contributed by atoms with Gasteiger partial charge in [0.15, 0.2) is 11.5 Å². The molecule has 28 heavy (non-hydrogen) atoms. The number of anilines is 1. The maximum Gasteiger partial charge on any atom is 0.272 e. The molecule has 0 aliphatic carbocycles. The summed E-state index contributed by atoms with van der Waals surface area (Å²) in [6.45, 7) is 6.16. The lowest BCUT2D eigenvalue weighted by atomic mass is 9.99. The molecule has 1 aliphatic rings. The number of nitrogens with one attached hydrogen (secondary N) is 1. The van der Waals surface area contributed by atoms with E-state index < -0.39 is 0 Å². The van der Waals surface area contributed by atoms with Gasteiger partial charge in [0.1, 0.15) is 17.3 Å². The number of ether oxygens (including phenoxy) is 2. The molecule has 0 atom stereocenters. The van der Waals surface area contributed by atoms with Gasteiger partial charge in [0.2, 0.25) is 0 Å². The van der Waals surface area contributed by atoms with Crippen molar-refractivity contribution in [1.29, 1.82) is 0 Å². The predicted octanol–water partition coefficient (Wildman–Crippen LogP) is 3.29. The summed E-state index contributed by atoms with van der Waals surface area (Å²) in [4.78, 5) is 23.5. The second-order valence-corrected chi connectivity index (χ2v) is 7.20. The SMILES string of the molecule is COc1ccc(CNc2cc(C(=O)N3CCC(C)CC3)nc(C)n2)cc1OC. The lowest BCUT2D eigenvalue weighted by Gasteiger charge is -2.30. The molecule has 7 nitrogen and oxygen atoms in total. The molecule has 0 unspecified atom stereocenters. The van der Waals surface area contributed by atoms with Crippen LogP contribution in [-0.2, 0) is 6.54 Å². The third kappa shape index (κ3) is 4.71. The Morgan fingerprint density at radius 3 is 2.54 bits per heavy atom. The number of likely N-dealkylation sites (tertiary alicyclic amines) is 1. The van der Waals surface area contributed by atoms with Gasteiger partial charge in [-0.3, -0.25) is 4.79 Å². The lowest BCUT2D eigenvalue weighted by Crippen LogP contribution is -2.38. The molecular weight excluding hydrogens is 356 g/mol. The summed E-state index contributed by atoms with van der Waals surface area (Å²) in [5.41, 5.74) is 1.46. The average molecular weight is 384 g/mol. The molecule has 0 radical (unpaired) electrons. The molecule has 1 aromatic carbocycles. The summed E-state index contributed by atoms with van der Waals surface area (Å²) in [6, 6.07) is 7.48. The van der Waals surface area contributed by atoms with Crippen molar-refractivity contribution in [3.05, 3.63) is 41.3 Å². The number of methoxy groups -OCH3 is 2. The van der Waals surface area contributed by atoms with Crippen molar-refractivity contribution in [3.63, 3.8) is 0 Å². The Hall–Kier alpha value is -2.83. The molecular formula is C21H28N4O3. The Morgan fingerprint density at radius 1 is 1.14 bits per heavy atom. The van der Waals surface area contributed by atoms with Gasteiger partial charge >= 0.3 is 0 Å². The number of amides is 1. The fraction of sp³-hybridized carbons (Fsp3) is 0.476. The van der Waals surface area contributed by atoms with Crippen LogP contribution in [0.1, 0.15) is 41.6 Å². The van der Waals surface area contributed by atoms with Crippen molar-refractivity contribution >= 4 is 11.7 Å². The maximum absolute atomic E-state index is 12.8. The first-order chi connectivity index (χ1) is 13.5. The highest BCUT2D eigenvalue weighted by Crippen LogP contribution is 2.27. The van der Waals surface area contributed by atoms with E-state index in [0.29, 0.717) is 41.3 Å². The van der Waals surface area contributed by atoms with E-state index in [0.717, 1.165) is 31.5 Å². The number of rotatable bonds is 6. The van der Waals surface area contributed by atoms with Crippen LogP contribution in [0, 0.1) is 12.8 Å². The second kappa shape index (κ2) is 8.91. The zero-order chi connectivity index (χ0) is 20.1. The van der Waals surface area contributed by atoms with Crippen LogP contribution in [0.5, 0.6) is 11.5 Å². The Bertz CT molecular complexity index is 832. The third-order valence-corrected chi connectivity index (χ3v) is 5.05. The smallest absolute Gasteiger partial charge is 0.272 e. The molecule has 1 fully saturated rings. The normalized spacial score (nSPS) is 14.6. The van der Waals surface area contributed by atoms with Crippen LogP contribution < -0.4 is 14.8 Å². The predicted molar refractivity (Wildman–Crippen MR) is 108 cm³/mol. The maximum atomic E-state index is 12.8. The first-order valence-electron chi connectivity index (χ1n) is 9.60. The summed E-state index contributed by atoms with van der Waals surface area (Å²) in [5.74, 6) is 3.23. The van der Waals surface area contributed by atoms with Crippen LogP contribution in [0.25, 0.3) is 0 Å². The van der Waals surface area contributed by atoms with Crippen LogP contribution in [-0.4, -0.2) is 48.1 Å². The molecule has 1 aromatic heterocycles. The van der Waals surface area contributed by atoms with Crippen molar-refractivity contribution in [2.24, 2.45) is 5.92 Å². The molecule has 1 aliphatic heterocycles. The van der Waals surface area contributed by atoms with Crippen molar-refractivity contribution in [1.82, 2.24) is 14.9 Å². The molecule has 3 rings (SSSR count). The first-order valence-corrected chi connectivity index (χ1v) is 9.60. The number of hydrogen-bond acceptors (Lipinski definition) is 6. The number of aryl methyl sites for hydroxylation is 1. The number of piperidine rings is 1. The van der Waals surface area contributed by atoms with Crippen LogP contribution >= 0.6 is 0 Å². The van der Waals surface area contributed by atoms with Gasteiger partial charge in [0.25, 0.3) is 5.91 Å². The van der Waals surface area contributed by atoms with Crippen LogP contribution in [0.3, 0.4) is 0 Å². The monoisotopic (exact) mass is 384 g/mol. The van der Waals surface area contributed by atoms with Crippen molar-refractivity contribution in [2.75, 3.05) is 32.6 Å². The molecule has 0 spiro atoms. The molecule has 2 aromatic rings. The van der Waals surface area contributed by atoms with Crippen LogP contribution in [0.15, 0.2) is 24.3 Å². The molecule has 0 bridgehead atoms.